The van der Waals surface area contributed by atoms with Gasteiger partial charge >= 0.3 is 0 Å². The number of nitrogens with zero attached hydrogens (tertiary/aromatic N) is 2. The van der Waals surface area contributed by atoms with Crippen molar-refractivity contribution in [3.05, 3.63) is 27.7 Å². The number of hydrogen-bond donors (Lipinski definition) is 3. The van der Waals surface area contributed by atoms with E-state index in [9.17, 15) is 20.1 Å². The van der Waals surface area contributed by atoms with Crippen molar-refractivity contribution < 1.29 is 15.3 Å². The number of hydrogen-bond acceptors (Lipinski definition) is 5. The minimum atomic E-state index is -0.509. The lowest BCUT2D eigenvalue weighted by atomic mass is 10.1. The van der Waals surface area contributed by atoms with Gasteiger partial charge in [0.15, 0.2) is 5.75 Å². The van der Waals surface area contributed by atoms with Crippen LogP contribution in [0.4, 0.5) is 0 Å². The Morgan fingerprint density at radius 3 is 2.42 bits per heavy atom. The summed E-state index contributed by atoms with van der Waals surface area (Å²) < 4.78 is 1.66. The van der Waals surface area contributed by atoms with Crippen molar-refractivity contribution in [2.75, 3.05) is 20.7 Å². The maximum Gasteiger partial charge on any atom is 0.223 e. The summed E-state index contributed by atoms with van der Waals surface area (Å²) in [6.07, 6.45) is 0.631. The zero-order valence-corrected chi connectivity index (χ0v) is 11.6. The van der Waals surface area contributed by atoms with Crippen molar-refractivity contribution in [3.63, 3.8) is 0 Å². The summed E-state index contributed by atoms with van der Waals surface area (Å²) >= 11 is 0. The molecule has 1 heterocycles. The van der Waals surface area contributed by atoms with Crippen LogP contribution in [-0.4, -0.2) is 45.5 Å². The number of rotatable bonds is 6. The fraction of sp³-hybridized carbons (Fsp3) is 0.615. The van der Waals surface area contributed by atoms with E-state index in [0.717, 1.165) is 0 Å². The van der Waals surface area contributed by atoms with Crippen LogP contribution in [0.5, 0.6) is 5.75 Å². The van der Waals surface area contributed by atoms with E-state index in [4.69, 9.17) is 0 Å². The van der Waals surface area contributed by atoms with Gasteiger partial charge in [-0.25, -0.2) is 0 Å². The van der Waals surface area contributed by atoms with Gasteiger partial charge in [-0.05, 0) is 20.5 Å². The molecule has 6 nitrogen and oxygen atoms in total. The fourth-order valence-corrected chi connectivity index (χ4v) is 2.14. The van der Waals surface area contributed by atoms with Crippen LogP contribution in [0.15, 0.2) is 10.9 Å². The predicted molar refractivity (Wildman–Crippen MR) is 72.1 cm³/mol. The second-order valence-electron chi connectivity index (χ2n) is 4.81. The molecule has 6 heteroatoms. The van der Waals surface area contributed by atoms with E-state index in [2.05, 4.69) is 0 Å². The molecule has 0 saturated heterocycles. The molecule has 1 rings (SSSR count). The first kappa shape index (κ1) is 15.7. The summed E-state index contributed by atoms with van der Waals surface area (Å²) in [5.74, 6) is -0.321. The second-order valence-corrected chi connectivity index (χ2v) is 4.81. The van der Waals surface area contributed by atoms with Crippen molar-refractivity contribution >= 4 is 0 Å². The molecule has 1 unspecified atom stereocenters. The minimum Gasteiger partial charge on any atom is -0.503 e. The Hall–Kier alpha value is -1.37. The molecule has 0 bridgehead atoms. The van der Waals surface area contributed by atoms with E-state index in [1.165, 1.54) is 6.07 Å². The molecular formula is C13H22N2O4. The standard InChI is InChI=1S/C13H22N2O4/c1-4-9(7-16)15-10(8-17)5-12(18)13(19)11(15)6-14(2)3/h5,9,16-17,19H,4,6-8H2,1-3H3. The van der Waals surface area contributed by atoms with Crippen LogP contribution in [0.1, 0.15) is 30.8 Å². The maximum atomic E-state index is 11.7. The lowest BCUT2D eigenvalue weighted by Gasteiger charge is -2.26. The van der Waals surface area contributed by atoms with Crippen molar-refractivity contribution in [2.24, 2.45) is 0 Å². The van der Waals surface area contributed by atoms with Gasteiger partial charge in [0.1, 0.15) is 0 Å². The average Bonchev–Trinajstić information content (AvgIpc) is 2.37. The van der Waals surface area contributed by atoms with Crippen LogP contribution in [0.2, 0.25) is 0 Å². The van der Waals surface area contributed by atoms with Gasteiger partial charge in [-0.3, -0.25) is 4.79 Å². The summed E-state index contributed by atoms with van der Waals surface area (Å²) in [4.78, 5) is 13.5. The van der Waals surface area contributed by atoms with E-state index >= 15 is 0 Å². The van der Waals surface area contributed by atoms with Gasteiger partial charge < -0.3 is 24.8 Å². The zero-order valence-electron chi connectivity index (χ0n) is 11.6. The number of aromatic nitrogens is 1. The Labute approximate surface area is 112 Å². The third-order valence-corrected chi connectivity index (χ3v) is 3.08. The molecule has 0 fully saturated rings. The molecule has 0 aromatic carbocycles. The maximum absolute atomic E-state index is 11.7. The smallest absolute Gasteiger partial charge is 0.223 e. The summed E-state index contributed by atoms with van der Waals surface area (Å²) in [6.45, 7) is 1.82. The van der Waals surface area contributed by atoms with E-state index in [1.54, 1.807) is 4.57 Å². The van der Waals surface area contributed by atoms with Gasteiger partial charge in [0.25, 0.3) is 0 Å². The molecule has 0 amide bonds. The highest BCUT2D eigenvalue weighted by Gasteiger charge is 2.20. The first-order valence-corrected chi connectivity index (χ1v) is 6.28. The summed E-state index contributed by atoms with van der Waals surface area (Å²) in [5.41, 5.74) is 0.313. The van der Waals surface area contributed by atoms with Gasteiger partial charge in [-0.1, -0.05) is 6.92 Å². The summed E-state index contributed by atoms with van der Waals surface area (Å²) in [7, 11) is 3.64. The van der Waals surface area contributed by atoms with Crippen molar-refractivity contribution in [3.8, 4) is 5.75 Å². The highest BCUT2D eigenvalue weighted by molar-refractivity contribution is 5.30. The Morgan fingerprint density at radius 1 is 1.37 bits per heavy atom. The highest BCUT2D eigenvalue weighted by Crippen LogP contribution is 2.23. The largest absolute Gasteiger partial charge is 0.503 e. The van der Waals surface area contributed by atoms with Crippen LogP contribution in [0.3, 0.4) is 0 Å². The highest BCUT2D eigenvalue weighted by atomic mass is 16.3. The van der Waals surface area contributed by atoms with E-state index in [1.807, 2.05) is 25.9 Å². The summed E-state index contributed by atoms with van der Waals surface area (Å²) in [6, 6.07) is 0.941. The van der Waals surface area contributed by atoms with Crippen LogP contribution in [0, 0.1) is 0 Å². The lowest BCUT2D eigenvalue weighted by Crippen LogP contribution is -2.27. The van der Waals surface area contributed by atoms with Crippen LogP contribution < -0.4 is 5.43 Å². The van der Waals surface area contributed by atoms with Crippen molar-refractivity contribution in [2.45, 2.75) is 32.5 Å². The van der Waals surface area contributed by atoms with Gasteiger partial charge in [0.2, 0.25) is 5.43 Å². The average molecular weight is 270 g/mol. The van der Waals surface area contributed by atoms with Gasteiger partial charge in [-0.2, -0.15) is 0 Å². The number of aliphatic hydroxyl groups is 2. The van der Waals surface area contributed by atoms with Crippen molar-refractivity contribution in [1.29, 1.82) is 0 Å². The Bertz CT molecular complexity index is 478. The minimum absolute atomic E-state index is 0.119. The second kappa shape index (κ2) is 6.70. The number of aliphatic hydroxyl groups excluding tert-OH is 2. The zero-order chi connectivity index (χ0) is 14.6. The van der Waals surface area contributed by atoms with E-state index < -0.39 is 5.43 Å². The molecule has 0 aliphatic rings. The first-order chi connectivity index (χ1) is 8.96. The molecule has 0 saturated carbocycles. The third-order valence-electron chi connectivity index (χ3n) is 3.08. The molecule has 1 aromatic heterocycles. The van der Waals surface area contributed by atoms with Crippen molar-refractivity contribution in [1.82, 2.24) is 9.47 Å². The molecule has 0 spiro atoms. The molecule has 0 radical (unpaired) electrons. The molecule has 0 aliphatic heterocycles. The van der Waals surface area contributed by atoms with Crippen LogP contribution >= 0.6 is 0 Å². The van der Waals surface area contributed by atoms with Gasteiger partial charge in [-0.15, -0.1) is 0 Å². The van der Waals surface area contributed by atoms with Gasteiger partial charge in [0, 0.05) is 18.3 Å². The predicted octanol–water partition coefficient (Wildman–Crippen LogP) is 0.0512. The Balaban J connectivity index is 3.53. The normalized spacial score (nSPS) is 12.9. The number of pyridine rings is 1. The quantitative estimate of drug-likeness (QED) is 0.680. The number of aromatic hydroxyl groups is 1. The molecular weight excluding hydrogens is 248 g/mol. The Morgan fingerprint density at radius 2 is 2.00 bits per heavy atom. The molecule has 0 aliphatic carbocycles. The van der Waals surface area contributed by atoms with E-state index in [0.29, 0.717) is 24.4 Å². The van der Waals surface area contributed by atoms with Crippen LogP contribution in [-0.2, 0) is 13.2 Å². The lowest BCUT2D eigenvalue weighted by molar-refractivity contribution is 0.200. The topological polar surface area (TPSA) is 85.9 Å². The molecule has 3 N–H and O–H groups in total. The first-order valence-electron chi connectivity index (χ1n) is 6.28. The SMILES string of the molecule is CCC(CO)n1c(CO)cc(=O)c(O)c1CN(C)C. The third kappa shape index (κ3) is 3.34. The molecule has 108 valence electrons. The fourth-order valence-electron chi connectivity index (χ4n) is 2.14. The van der Waals surface area contributed by atoms with E-state index in [-0.39, 0.29) is 25.0 Å². The molecule has 1 aromatic rings. The Kier molecular flexibility index (Phi) is 5.53. The van der Waals surface area contributed by atoms with Crippen LogP contribution in [0.25, 0.3) is 0 Å². The summed E-state index contributed by atoms with van der Waals surface area (Å²) in [5, 5.41) is 28.8. The molecule has 1 atom stereocenters. The van der Waals surface area contributed by atoms with Gasteiger partial charge in [0.05, 0.1) is 24.9 Å². The monoisotopic (exact) mass is 270 g/mol. The molecule has 19 heavy (non-hydrogen) atoms.